The van der Waals surface area contributed by atoms with Crippen molar-refractivity contribution in [3.05, 3.63) is 36.0 Å². The van der Waals surface area contributed by atoms with Gasteiger partial charge in [0.25, 0.3) is 0 Å². The van der Waals surface area contributed by atoms with Crippen molar-refractivity contribution in [2.75, 3.05) is 0 Å². The Balaban J connectivity index is 2.09. The van der Waals surface area contributed by atoms with E-state index in [2.05, 4.69) is 20.5 Å². The number of hydrogen-bond donors (Lipinski definition) is 0. The first-order chi connectivity index (χ1) is 8.43. The van der Waals surface area contributed by atoms with Crippen LogP contribution in [-0.4, -0.2) is 29.6 Å². The van der Waals surface area contributed by atoms with Gasteiger partial charge in [-0.1, -0.05) is 17.3 Å². The third-order valence-corrected chi connectivity index (χ3v) is 3.42. The maximum Gasteiger partial charge on any atom is 0.217 e. The van der Waals surface area contributed by atoms with Gasteiger partial charge in [-0.05, 0) is 12.1 Å². The minimum atomic E-state index is 0.847. The molecule has 0 aliphatic heterocycles. The molecule has 0 bridgehead atoms. The molecule has 0 amide bonds. The van der Waals surface area contributed by atoms with Gasteiger partial charge in [0.15, 0.2) is 5.82 Å². The van der Waals surface area contributed by atoms with Crippen LogP contribution in [0.1, 0.15) is 0 Å². The minimum Gasteiger partial charge on any atom is -0.256 e. The number of hydrogen-bond acceptors (Lipinski definition) is 5. The van der Waals surface area contributed by atoms with Crippen LogP contribution in [-0.2, 0) is 0 Å². The van der Waals surface area contributed by atoms with Crippen LogP contribution in [0.15, 0.2) is 36.0 Å². The van der Waals surface area contributed by atoms with E-state index in [0.717, 1.165) is 21.8 Å². The molecule has 7 heteroatoms. The van der Waals surface area contributed by atoms with Gasteiger partial charge in [0.05, 0.1) is 5.52 Å². The van der Waals surface area contributed by atoms with Gasteiger partial charge in [0.1, 0.15) is 11.8 Å². The topological polar surface area (TPSA) is 60.9 Å². The number of nitrogens with zero attached hydrogens (tertiary/aromatic N) is 6. The zero-order chi connectivity index (χ0) is 11.2. The Bertz CT molecular complexity index is 810. The lowest BCUT2D eigenvalue weighted by Crippen LogP contribution is -1.99. The Hall–Kier alpha value is -2.28. The van der Waals surface area contributed by atoms with Crippen LogP contribution in [0, 0.1) is 0 Å². The number of benzene rings is 1. The van der Waals surface area contributed by atoms with E-state index in [9.17, 15) is 0 Å². The van der Waals surface area contributed by atoms with Crippen molar-refractivity contribution < 1.29 is 0 Å². The molecule has 1 aromatic carbocycles. The van der Waals surface area contributed by atoms with Gasteiger partial charge in [-0.3, -0.25) is 4.40 Å². The lowest BCUT2D eigenvalue weighted by atomic mass is 10.3. The van der Waals surface area contributed by atoms with Crippen molar-refractivity contribution in [1.82, 2.24) is 29.6 Å². The van der Waals surface area contributed by atoms with Crippen molar-refractivity contribution >= 4 is 27.3 Å². The normalized spacial score (nSPS) is 11.5. The second kappa shape index (κ2) is 3.11. The van der Waals surface area contributed by atoms with E-state index in [1.165, 1.54) is 11.3 Å². The van der Waals surface area contributed by atoms with Crippen molar-refractivity contribution in [2.24, 2.45) is 0 Å². The summed E-state index contributed by atoms with van der Waals surface area (Å²) in [5.41, 5.74) is 1.85. The monoisotopic (exact) mass is 242 g/mol. The molecule has 0 aliphatic carbocycles. The maximum absolute atomic E-state index is 4.16. The number of aromatic nitrogens is 6. The van der Waals surface area contributed by atoms with Crippen LogP contribution in [0.5, 0.6) is 0 Å². The third kappa shape index (κ3) is 1.14. The Morgan fingerprint density at radius 2 is 2.06 bits per heavy atom. The van der Waals surface area contributed by atoms with Crippen LogP contribution in [0.25, 0.3) is 21.8 Å². The fourth-order valence-corrected chi connectivity index (χ4v) is 2.59. The molecule has 4 rings (SSSR count). The predicted molar refractivity (Wildman–Crippen MR) is 63.3 cm³/mol. The van der Waals surface area contributed by atoms with E-state index in [0.29, 0.717) is 0 Å². The number of rotatable bonds is 1. The zero-order valence-electron chi connectivity index (χ0n) is 8.56. The summed E-state index contributed by atoms with van der Waals surface area (Å²) in [6.45, 7) is 0. The molecular formula is C10H6N6S. The van der Waals surface area contributed by atoms with Crippen LogP contribution in [0.2, 0.25) is 0 Å². The minimum absolute atomic E-state index is 0.847. The van der Waals surface area contributed by atoms with Crippen molar-refractivity contribution in [3.8, 4) is 5.82 Å². The Kier molecular flexibility index (Phi) is 1.61. The highest BCUT2D eigenvalue weighted by molar-refractivity contribution is 7.15. The quantitative estimate of drug-likeness (QED) is 0.508. The van der Waals surface area contributed by atoms with Crippen LogP contribution >= 0.6 is 11.3 Å². The molecule has 0 spiro atoms. The molecule has 0 radical (unpaired) electrons. The van der Waals surface area contributed by atoms with Gasteiger partial charge < -0.3 is 0 Å². The predicted octanol–water partition coefficient (Wildman–Crippen LogP) is 1.52. The highest BCUT2D eigenvalue weighted by atomic mass is 32.1. The maximum atomic E-state index is 4.16. The van der Waals surface area contributed by atoms with E-state index in [-0.39, 0.29) is 0 Å². The van der Waals surface area contributed by atoms with E-state index >= 15 is 0 Å². The second-order valence-corrected chi connectivity index (χ2v) is 4.40. The molecule has 4 aromatic rings. The van der Waals surface area contributed by atoms with Gasteiger partial charge in [0, 0.05) is 5.38 Å². The molecule has 3 heterocycles. The summed E-state index contributed by atoms with van der Waals surface area (Å²) in [4.78, 5) is 0.847. The molecule has 0 aliphatic rings. The largest absolute Gasteiger partial charge is 0.256 e. The smallest absolute Gasteiger partial charge is 0.217 e. The van der Waals surface area contributed by atoms with E-state index in [1.807, 2.05) is 34.0 Å². The molecule has 0 atom stereocenters. The molecular weight excluding hydrogens is 236 g/mol. The summed E-state index contributed by atoms with van der Waals surface area (Å²) in [7, 11) is 0. The summed E-state index contributed by atoms with van der Waals surface area (Å²) in [6, 6.07) is 7.85. The first-order valence-corrected chi connectivity index (χ1v) is 5.89. The molecule has 0 N–H and O–H groups in total. The fraction of sp³-hybridized carbons (Fsp3) is 0. The Morgan fingerprint density at radius 1 is 1.12 bits per heavy atom. The summed E-state index contributed by atoms with van der Waals surface area (Å²) in [5.74, 6) is 0.906. The average Bonchev–Trinajstić information content (AvgIpc) is 3.02. The summed E-state index contributed by atoms with van der Waals surface area (Å²) < 4.78 is 3.69. The van der Waals surface area contributed by atoms with Gasteiger partial charge >= 0.3 is 0 Å². The Labute approximate surface area is 99.1 Å². The van der Waals surface area contributed by atoms with Crippen molar-refractivity contribution in [1.29, 1.82) is 0 Å². The standard InChI is InChI=1S/C10H6N6S/c1-2-4-8-7(3-1)12-14-16(8)9-5-17-10-13-11-6-15(9)10/h1-6H. The number of para-hydroxylation sites is 1. The molecule has 6 nitrogen and oxygen atoms in total. The van der Waals surface area contributed by atoms with Crippen LogP contribution < -0.4 is 0 Å². The van der Waals surface area contributed by atoms with Gasteiger partial charge in [-0.15, -0.1) is 26.6 Å². The van der Waals surface area contributed by atoms with Crippen LogP contribution in [0.3, 0.4) is 0 Å². The van der Waals surface area contributed by atoms with Gasteiger partial charge in [0.2, 0.25) is 4.96 Å². The average molecular weight is 242 g/mol. The van der Waals surface area contributed by atoms with Gasteiger partial charge in [-0.2, -0.15) is 4.68 Å². The first kappa shape index (κ1) is 8.82. The molecule has 0 unspecified atom stereocenters. The number of thiazole rings is 1. The SMILES string of the molecule is c1ccc2c(c1)nnn2-c1csc2nncn12. The molecule has 17 heavy (non-hydrogen) atoms. The molecule has 0 saturated carbocycles. The first-order valence-electron chi connectivity index (χ1n) is 5.01. The van der Waals surface area contributed by atoms with Crippen molar-refractivity contribution in [3.63, 3.8) is 0 Å². The molecule has 0 fully saturated rings. The highest BCUT2D eigenvalue weighted by Crippen LogP contribution is 2.20. The lowest BCUT2D eigenvalue weighted by molar-refractivity contribution is 0.794. The lowest BCUT2D eigenvalue weighted by Gasteiger charge is -1.98. The second-order valence-electron chi connectivity index (χ2n) is 3.57. The summed E-state index contributed by atoms with van der Waals surface area (Å²) in [6.07, 6.45) is 1.68. The van der Waals surface area contributed by atoms with Crippen LogP contribution in [0.4, 0.5) is 0 Å². The highest BCUT2D eigenvalue weighted by Gasteiger charge is 2.11. The molecule has 82 valence electrons. The Morgan fingerprint density at radius 3 is 3.06 bits per heavy atom. The summed E-state index contributed by atoms with van der Waals surface area (Å²) in [5, 5.41) is 18.2. The fourth-order valence-electron chi connectivity index (χ4n) is 1.81. The third-order valence-electron chi connectivity index (χ3n) is 2.60. The van der Waals surface area contributed by atoms with E-state index in [4.69, 9.17) is 0 Å². The molecule has 3 aromatic heterocycles. The van der Waals surface area contributed by atoms with E-state index in [1.54, 1.807) is 11.0 Å². The number of fused-ring (bicyclic) bond motifs is 2. The van der Waals surface area contributed by atoms with Gasteiger partial charge in [-0.25, -0.2) is 0 Å². The van der Waals surface area contributed by atoms with E-state index < -0.39 is 0 Å². The van der Waals surface area contributed by atoms with Crippen molar-refractivity contribution in [2.45, 2.75) is 0 Å². The summed E-state index contributed by atoms with van der Waals surface area (Å²) >= 11 is 1.53. The molecule has 0 saturated heterocycles. The zero-order valence-corrected chi connectivity index (χ0v) is 9.37.